The molecule has 7 heteroatoms. The van der Waals surface area contributed by atoms with Gasteiger partial charge in [-0.05, 0) is 33.8 Å². The lowest BCUT2D eigenvalue weighted by atomic mass is 10.2. The molecule has 0 aliphatic carbocycles. The summed E-state index contributed by atoms with van der Waals surface area (Å²) < 4.78 is 4.87. The van der Waals surface area contributed by atoms with Gasteiger partial charge < -0.3 is 10.1 Å². The van der Waals surface area contributed by atoms with Gasteiger partial charge in [0.25, 0.3) is 5.91 Å². The lowest BCUT2D eigenvalue weighted by molar-refractivity contribution is -0.146. The first-order valence-electron chi connectivity index (χ1n) is 5.63. The van der Waals surface area contributed by atoms with Gasteiger partial charge in [0.05, 0.1) is 12.0 Å². The molecule has 0 fully saturated rings. The van der Waals surface area contributed by atoms with E-state index in [2.05, 4.69) is 5.32 Å². The van der Waals surface area contributed by atoms with Crippen LogP contribution in [0, 0.1) is 11.3 Å². The van der Waals surface area contributed by atoms with E-state index in [1.54, 1.807) is 11.4 Å². The van der Waals surface area contributed by atoms with Crippen LogP contribution in [0.25, 0.3) is 0 Å². The fourth-order valence-corrected chi connectivity index (χ4v) is 2.84. The van der Waals surface area contributed by atoms with E-state index >= 15 is 0 Å². The van der Waals surface area contributed by atoms with Gasteiger partial charge in [-0.1, -0.05) is 0 Å². The summed E-state index contributed by atoms with van der Waals surface area (Å²) in [5, 5.41) is 17.2. The third kappa shape index (κ3) is 3.91. The van der Waals surface area contributed by atoms with E-state index in [9.17, 15) is 9.59 Å². The van der Waals surface area contributed by atoms with Crippen molar-refractivity contribution in [3.63, 3.8) is 0 Å². The molecule has 102 valence electrons. The summed E-state index contributed by atoms with van der Waals surface area (Å²) in [6, 6.07) is 5.41. The molecule has 1 amide bonds. The van der Waals surface area contributed by atoms with E-state index in [1.165, 1.54) is 22.7 Å². The van der Waals surface area contributed by atoms with Crippen LogP contribution in [0.2, 0.25) is 0 Å². The number of ether oxygens (including phenoxy) is 1. The van der Waals surface area contributed by atoms with Crippen molar-refractivity contribution in [2.24, 2.45) is 0 Å². The Morgan fingerprint density at radius 3 is 2.90 bits per heavy atom. The van der Waals surface area contributed by atoms with Crippen LogP contribution in [0.1, 0.15) is 11.1 Å². The second-order valence-electron chi connectivity index (χ2n) is 3.79. The molecule has 2 aromatic heterocycles. The number of rotatable bonds is 5. The van der Waals surface area contributed by atoms with Gasteiger partial charge in [0, 0.05) is 0 Å². The number of nitriles is 1. The number of thiophene rings is 2. The third-order valence-electron chi connectivity index (χ3n) is 2.33. The van der Waals surface area contributed by atoms with Crippen molar-refractivity contribution in [3.05, 3.63) is 39.4 Å². The number of hydrogen-bond donors (Lipinski definition) is 1. The van der Waals surface area contributed by atoms with Gasteiger partial charge in [0.1, 0.15) is 11.1 Å². The zero-order valence-electron chi connectivity index (χ0n) is 10.3. The van der Waals surface area contributed by atoms with Crippen LogP contribution in [0.5, 0.6) is 0 Å². The average Bonchev–Trinajstić information content (AvgIpc) is 3.07. The SMILES string of the molecule is N#Cc1ccsc1NC(=O)COC(=O)Cc1ccsc1. The van der Waals surface area contributed by atoms with Gasteiger partial charge in [-0.15, -0.1) is 11.3 Å². The predicted molar refractivity (Wildman–Crippen MR) is 76.6 cm³/mol. The monoisotopic (exact) mass is 306 g/mol. The standard InChI is InChI=1S/C13H10N2O3S2/c14-6-10-2-4-20-13(10)15-11(16)7-18-12(17)5-9-1-3-19-8-9/h1-4,8H,5,7H2,(H,15,16). The molecular formula is C13H10N2O3S2. The molecule has 0 aliphatic rings. The van der Waals surface area contributed by atoms with Crippen LogP contribution in [-0.2, 0) is 20.7 Å². The maximum atomic E-state index is 11.6. The minimum Gasteiger partial charge on any atom is -0.455 e. The highest BCUT2D eigenvalue weighted by Gasteiger charge is 2.11. The number of anilines is 1. The maximum absolute atomic E-state index is 11.6. The molecule has 20 heavy (non-hydrogen) atoms. The minimum atomic E-state index is -0.456. The molecule has 0 radical (unpaired) electrons. The van der Waals surface area contributed by atoms with Crippen molar-refractivity contribution >= 4 is 39.6 Å². The smallest absolute Gasteiger partial charge is 0.310 e. The number of amides is 1. The van der Waals surface area contributed by atoms with Crippen molar-refractivity contribution in [2.75, 3.05) is 11.9 Å². The van der Waals surface area contributed by atoms with Gasteiger partial charge >= 0.3 is 5.97 Å². The Morgan fingerprint density at radius 2 is 2.20 bits per heavy atom. The van der Waals surface area contributed by atoms with E-state index in [4.69, 9.17) is 10.00 Å². The van der Waals surface area contributed by atoms with Crippen LogP contribution in [0.3, 0.4) is 0 Å². The number of hydrogen-bond acceptors (Lipinski definition) is 6. The second-order valence-corrected chi connectivity index (χ2v) is 5.49. The third-order valence-corrected chi connectivity index (χ3v) is 3.89. The highest BCUT2D eigenvalue weighted by Crippen LogP contribution is 2.21. The fourth-order valence-electron chi connectivity index (χ4n) is 1.41. The molecule has 0 aliphatic heterocycles. The highest BCUT2D eigenvalue weighted by atomic mass is 32.1. The van der Waals surface area contributed by atoms with Gasteiger partial charge in [-0.2, -0.15) is 16.6 Å². The lowest BCUT2D eigenvalue weighted by Gasteiger charge is -2.05. The Balaban J connectivity index is 1.78. The van der Waals surface area contributed by atoms with Crippen LogP contribution in [0.4, 0.5) is 5.00 Å². The van der Waals surface area contributed by atoms with Crippen LogP contribution in [0.15, 0.2) is 28.3 Å². The lowest BCUT2D eigenvalue weighted by Crippen LogP contribution is -2.21. The Labute approximate surface area is 123 Å². The molecule has 0 atom stereocenters. The van der Waals surface area contributed by atoms with E-state index in [0.29, 0.717) is 10.6 Å². The first-order valence-corrected chi connectivity index (χ1v) is 7.45. The van der Waals surface area contributed by atoms with E-state index in [-0.39, 0.29) is 13.0 Å². The molecule has 2 aromatic rings. The molecule has 2 rings (SSSR count). The van der Waals surface area contributed by atoms with Crippen LogP contribution >= 0.6 is 22.7 Å². The number of nitrogens with zero attached hydrogens (tertiary/aromatic N) is 1. The number of esters is 1. The Morgan fingerprint density at radius 1 is 1.35 bits per heavy atom. The first kappa shape index (κ1) is 14.2. The summed E-state index contributed by atoms with van der Waals surface area (Å²) in [5.74, 6) is -0.909. The summed E-state index contributed by atoms with van der Waals surface area (Å²) in [6.07, 6.45) is 0.152. The first-order chi connectivity index (χ1) is 9.69. The normalized spacial score (nSPS) is 9.75. The Bertz CT molecular complexity index is 641. The Hall–Kier alpha value is -2.17. The van der Waals surface area contributed by atoms with Gasteiger partial charge in [-0.25, -0.2) is 0 Å². The molecule has 0 spiro atoms. The number of nitrogens with one attached hydrogen (secondary N) is 1. The quantitative estimate of drug-likeness (QED) is 0.860. The largest absolute Gasteiger partial charge is 0.455 e. The molecule has 5 nitrogen and oxygen atoms in total. The number of carbonyl (C=O) groups is 2. The van der Waals surface area contributed by atoms with E-state index in [0.717, 1.165) is 5.56 Å². The van der Waals surface area contributed by atoms with Crippen molar-refractivity contribution in [1.82, 2.24) is 0 Å². The summed E-state index contributed by atoms with van der Waals surface area (Å²) in [6.45, 7) is -0.355. The van der Waals surface area contributed by atoms with Crippen molar-refractivity contribution < 1.29 is 14.3 Å². The maximum Gasteiger partial charge on any atom is 0.310 e. The Kier molecular flexibility index (Phi) is 4.87. The van der Waals surface area contributed by atoms with Crippen molar-refractivity contribution in [3.8, 4) is 6.07 Å². The minimum absolute atomic E-state index is 0.152. The summed E-state index contributed by atoms with van der Waals surface area (Å²) in [5.41, 5.74) is 1.26. The molecule has 0 bridgehead atoms. The van der Waals surface area contributed by atoms with Gasteiger partial charge in [0.2, 0.25) is 0 Å². The van der Waals surface area contributed by atoms with Gasteiger partial charge in [0.15, 0.2) is 6.61 Å². The van der Waals surface area contributed by atoms with Crippen LogP contribution in [-0.4, -0.2) is 18.5 Å². The zero-order chi connectivity index (χ0) is 14.4. The van der Waals surface area contributed by atoms with E-state index < -0.39 is 11.9 Å². The summed E-state index contributed by atoms with van der Waals surface area (Å²) >= 11 is 2.74. The van der Waals surface area contributed by atoms with Gasteiger partial charge in [-0.3, -0.25) is 9.59 Å². The van der Waals surface area contributed by atoms with Crippen LogP contribution < -0.4 is 5.32 Å². The molecule has 0 unspecified atom stereocenters. The topological polar surface area (TPSA) is 79.2 Å². The van der Waals surface area contributed by atoms with E-state index in [1.807, 2.05) is 22.9 Å². The average molecular weight is 306 g/mol. The molecular weight excluding hydrogens is 296 g/mol. The molecule has 0 saturated carbocycles. The molecule has 2 heterocycles. The molecule has 0 aromatic carbocycles. The molecule has 0 saturated heterocycles. The van der Waals surface area contributed by atoms with Crippen molar-refractivity contribution in [1.29, 1.82) is 5.26 Å². The second kappa shape index (κ2) is 6.84. The molecule has 1 N–H and O–H groups in total. The predicted octanol–water partition coefficient (Wildman–Crippen LogP) is 2.41. The summed E-state index contributed by atoms with van der Waals surface area (Å²) in [7, 11) is 0. The zero-order valence-corrected chi connectivity index (χ0v) is 11.9. The van der Waals surface area contributed by atoms with Crippen molar-refractivity contribution in [2.45, 2.75) is 6.42 Å². The highest BCUT2D eigenvalue weighted by molar-refractivity contribution is 7.14. The number of carbonyl (C=O) groups excluding carboxylic acids is 2. The fraction of sp³-hybridized carbons (Fsp3) is 0.154. The summed E-state index contributed by atoms with van der Waals surface area (Å²) in [4.78, 5) is 23.1.